The van der Waals surface area contributed by atoms with Crippen molar-refractivity contribution >= 4 is 17.3 Å². The molecule has 0 spiro atoms. The molecule has 0 atom stereocenters. The molecular weight excluding hydrogens is 357 g/mol. The van der Waals surface area contributed by atoms with Gasteiger partial charge in [-0.1, -0.05) is 0 Å². The van der Waals surface area contributed by atoms with Crippen molar-refractivity contribution in [2.75, 3.05) is 20.3 Å². The molecule has 0 saturated carbocycles. The number of nitrogens with zero attached hydrogens (tertiary/aromatic N) is 1. The molecule has 134 valence electrons. The predicted molar refractivity (Wildman–Crippen MR) is 96.3 cm³/mol. The fraction of sp³-hybridized carbons (Fsp3) is 0.158. The molecule has 0 aliphatic carbocycles. The minimum atomic E-state index is -0.520. The Morgan fingerprint density at radius 2 is 1.73 bits per heavy atom. The SMILES string of the molecule is COc1ccc(OCCOC(=O)c2csc(-c3ccc(F)cc3)n2)cc1. The molecule has 1 heterocycles. The molecule has 0 saturated heterocycles. The highest BCUT2D eigenvalue weighted by Gasteiger charge is 2.13. The third kappa shape index (κ3) is 4.58. The van der Waals surface area contributed by atoms with E-state index >= 15 is 0 Å². The van der Waals surface area contributed by atoms with Gasteiger partial charge in [-0.2, -0.15) is 0 Å². The van der Waals surface area contributed by atoms with Gasteiger partial charge in [0.15, 0.2) is 5.69 Å². The quantitative estimate of drug-likeness (QED) is 0.459. The normalized spacial score (nSPS) is 10.4. The smallest absolute Gasteiger partial charge is 0.357 e. The Balaban J connectivity index is 1.48. The van der Waals surface area contributed by atoms with Gasteiger partial charge in [0.1, 0.15) is 35.5 Å². The van der Waals surface area contributed by atoms with E-state index in [0.29, 0.717) is 10.8 Å². The Hall–Kier alpha value is -2.93. The fourth-order valence-corrected chi connectivity index (χ4v) is 2.93. The molecule has 1 aromatic heterocycles. The number of methoxy groups -OCH3 is 1. The van der Waals surface area contributed by atoms with Crippen molar-refractivity contribution in [2.45, 2.75) is 0 Å². The van der Waals surface area contributed by atoms with Gasteiger partial charge in [-0.05, 0) is 48.5 Å². The standard InChI is InChI=1S/C19H16FNO4S/c1-23-15-6-8-16(9-7-15)24-10-11-25-19(22)17-12-26-18(21-17)13-2-4-14(20)5-3-13/h2-9,12H,10-11H2,1H3. The number of carbonyl (C=O) groups is 1. The molecule has 0 aliphatic heterocycles. The molecule has 26 heavy (non-hydrogen) atoms. The molecule has 0 fully saturated rings. The number of ether oxygens (including phenoxy) is 3. The summed E-state index contributed by atoms with van der Waals surface area (Å²) in [5.41, 5.74) is 0.970. The first-order valence-corrected chi connectivity index (χ1v) is 8.69. The molecule has 0 amide bonds. The lowest BCUT2D eigenvalue weighted by Gasteiger charge is -2.07. The molecule has 0 bridgehead atoms. The van der Waals surface area contributed by atoms with Gasteiger partial charge in [0.05, 0.1) is 7.11 Å². The largest absolute Gasteiger partial charge is 0.497 e. The third-order valence-electron chi connectivity index (χ3n) is 3.45. The maximum absolute atomic E-state index is 13.0. The zero-order chi connectivity index (χ0) is 18.4. The summed E-state index contributed by atoms with van der Waals surface area (Å²) in [7, 11) is 1.59. The number of thiazole rings is 1. The van der Waals surface area contributed by atoms with E-state index in [9.17, 15) is 9.18 Å². The van der Waals surface area contributed by atoms with E-state index in [4.69, 9.17) is 14.2 Å². The molecule has 0 unspecified atom stereocenters. The Bertz CT molecular complexity index is 862. The van der Waals surface area contributed by atoms with E-state index in [0.717, 1.165) is 11.3 Å². The first-order valence-electron chi connectivity index (χ1n) is 7.81. The second-order valence-corrected chi connectivity index (χ2v) is 6.06. The Morgan fingerprint density at radius 1 is 1.04 bits per heavy atom. The Labute approximate surface area is 154 Å². The van der Waals surface area contributed by atoms with Crippen molar-refractivity contribution in [2.24, 2.45) is 0 Å². The van der Waals surface area contributed by atoms with Crippen molar-refractivity contribution in [3.63, 3.8) is 0 Å². The highest BCUT2D eigenvalue weighted by molar-refractivity contribution is 7.13. The molecule has 0 radical (unpaired) electrons. The lowest BCUT2D eigenvalue weighted by molar-refractivity contribution is 0.0444. The van der Waals surface area contributed by atoms with Crippen LogP contribution >= 0.6 is 11.3 Å². The molecule has 3 rings (SSSR count). The van der Waals surface area contributed by atoms with Gasteiger partial charge in [-0.3, -0.25) is 0 Å². The molecule has 5 nitrogen and oxygen atoms in total. The average Bonchev–Trinajstić information content (AvgIpc) is 3.16. The first-order chi connectivity index (χ1) is 12.7. The van der Waals surface area contributed by atoms with Gasteiger partial charge in [0, 0.05) is 10.9 Å². The molecule has 7 heteroatoms. The number of hydrogen-bond acceptors (Lipinski definition) is 6. The van der Waals surface area contributed by atoms with Crippen LogP contribution < -0.4 is 9.47 Å². The number of rotatable bonds is 7. The summed E-state index contributed by atoms with van der Waals surface area (Å²) in [5, 5.41) is 2.25. The lowest BCUT2D eigenvalue weighted by Crippen LogP contribution is -2.12. The third-order valence-corrected chi connectivity index (χ3v) is 4.34. The molecule has 2 aromatic carbocycles. The van der Waals surface area contributed by atoms with Gasteiger partial charge in [-0.15, -0.1) is 11.3 Å². The number of benzene rings is 2. The summed E-state index contributed by atoms with van der Waals surface area (Å²) in [6, 6.07) is 13.1. The van der Waals surface area contributed by atoms with Crippen molar-refractivity contribution in [3.8, 4) is 22.1 Å². The maximum atomic E-state index is 13.0. The van der Waals surface area contributed by atoms with E-state index < -0.39 is 5.97 Å². The van der Waals surface area contributed by atoms with Crippen molar-refractivity contribution < 1.29 is 23.4 Å². The maximum Gasteiger partial charge on any atom is 0.357 e. The summed E-state index contributed by atoms with van der Waals surface area (Å²) < 4.78 is 28.7. The van der Waals surface area contributed by atoms with Crippen LogP contribution in [0.15, 0.2) is 53.9 Å². The van der Waals surface area contributed by atoms with E-state index in [1.807, 2.05) is 0 Å². The Morgan fingerprint density at radius 3 is 2.42 bits per heavy atom. The van der Waals surface area contributed by atoms with Crippen LogP contribution in [-0.4, -0.2) is 31.3 Å². The minimum absolute atomic E-state index is 0.105. The van der Waals surface area contributed by atoms with Crippen molar-refractivity contribution in [1.29, 1.82) is 0 Å². The van der Waals surface area contributed by atoms with Crippen LogP contribution in [-0.2, 0) is 4.74 Å². The van der Waals surface area contributed by atoms with E-state index in [1.54, 1.807) is 48.9 Å². The summed E-state index contributed by atoms with van der Waals surface area (Å²) in [5.74, 6) is 0.563. The van der Waals surface area contributed by atoms with Crippen molar-refractivity contribution in [3.05, 3.63) is 65.4 Å². The number of carbonyl (C=O) groups excluding carboxylic acids is 1. The summed E-state index contributed by atoms with van der Waals surface area (Å²) >= 11 is 1.30. The number of hydrogen-bond donors (Lipinski definition) is 0. The van der Waals surface area contributed by atoms with Crippen LogP contribution in [0.5, 0.6) is 11.5 Å². The summed E-state index contributed by atoms with van der Waals surface area (Å²) in [6.07, 6.45) is 0. The number of esters is 1. The monoisotopic (exact) mass is 373 g/mol. The highest BCUT2D eigenvalue weighted by Crippen LogP contribution is 2.24. The Kier molecular flexibility index (Phi) is 5.80. The summed E-state index contributed by atoms with van der Waals surface area (Å²) in [6.45, 7) is 0.335. The number of aromatic nitrogens is 1. The van der Waals surface area contributed by atoms with Gasteiger partial charge in [0.25, 0.3) is 0 Å². The fourth-order valence-electron chi connectivity index (χ4n) is 2.13. The predicted octanol–water partition coefficient (Wildman–Crippen LogP) is 4.19. The van der Waals surface area contributed by atoms with Gasteiger partial charge < -0.3 is 14.2 Å². The average molecular weight is 373 g/mol. The summed E-state index contributed by atoms with van der Waals surface area (Å²) in [4.78, 5) is 16.3. The van der Waals surface area contributed by atoms with E-state index in [1.165, 1.54) is 23.5 Å². The van der Waals surface area contributed by atoms with Crippen LogP contribution in [0.3, 0.4) is 0 Å². The minimum Gasteiger partial charge on any atom is -0.497 e. The van der Waals surface area contributed by atoms with Crippen LogP contribution in [0.25, 0.3) is 10.6 Å². The molecular formula is C19H16FNO4S. The van der Waals surface area contributed by atoms with Crippen LogP contribution in [0.1, 0.15) is 10.5 Å². The van der Waals surface area contributed by atoms with Crippen LogP contribution in [0.4, 0.5) is 4.39 Å². The lowest BCUT2D eigenvalue weighted by atomic mass is 10.2. The van der Waals surface area contributed by atoms with Crippen LogP contribution in [0.2, 0.25) is 0 Å². The first kappa shape index (κ1) is 17.9. The van der Waals surface area contributed by atoms with Gasteiger partial charge >= 0.3 is 5.97 Å². The van der Waals surface area contributed by atoms with Gasteiger partial charge in [0.2, 0.25) is 0 Å². The highest BCUT2D eigenvalue weighted by atomic mass is 32.1. The molecule has 3 aromatic rings. The van der Waals surface area contributed by atoms with Gasteiger partial charge in [-0.25, -0.2) is 14.2 Å². The van der Waals surface area contributed by atoms with Crippen molar-refractivity contribution in [1.82, 2.24) is 4.98 Å². The number of halogens is 1. The molecule has 0 aliphatic rings. The zero-order valence-electron chi connectivity index (χ0n) is 14.0. The zero-order valence-corrected chi connectivity index (χ0v) is 14.8. The topological polar surface area (TPSA) is 57.7 Å². The second-order valence-electron chi connectivity index (χ2n) is 5.20. The van der Waals surface area contributed by atoms with E-state index in [2.05, 4.69) is 4.98 Å². The van der Waals surface area contributed by atoms with Crippen LogP contribution in [0, 0.1) is 5.82 Å². The second kappa shape index (κ2) is 8.44. The molecule has 0 N–H and O–H groups in total. The van der Waals surface area contributed by atoms with E-state index in [-0.39, 0.29) is 24.7 Å².